The van der Waals surface area contributed by atoms with Crippen molar-refractivity contribution in [1.82, 2.24) is 20.0 Å². The number of nitrogens with zero attached hydrogens (tertiary/aromatic N) is 4. The van der Waals surface area contributed by atoms with Gasteiger partial charge in [-0.2, -0.15) is 4.98 Å². The molecule has 0 radical (unpaired) electrons. The summed E-state index contributed by atoms with van der Waals surface area (Å²) in [5.74, 6) is 0.863. The van der Waals surface area contributed by atoms with E-state index in [0.29, 0.717) is 31.2 Å². The third kappa shape index (κ3) is 3.34. The highest BCUT2D eigenvalue weighted by molar-refractivity contribution is 5.76. The number of aliphatic hydroxyl groups is 1. The highest BCUT2D eigenvalue weighted by Gasteiger charge is 2.26. The molecule has 0 fully saturated rings. The number of amides is 1. The standard InChI is InChI=1S/C19H18N4O3/c24-16-12-23(11-14-3-1-2-4-15(14)16)18(25)6-5-17-21-19(22-26-17)13-7-9-20-10-8-13/h1-4,7-10,16,24H,5-6,11-12H2/t16-/m1/s1. The normalized spacial score (nSPS) is 16.3. The van der Waals surface area contributed by atoms with E-state index < -0.39 is 6.10 Å². The van der Waals surface area contributed by atoms with Gasteiger partial charge in [0.05, 0.1) is 12.6 Å². The first-order chi connectivity index (χ1) is 12.7. The topological polar surface area (TPSA) is 92.3 Å². The first kappa shape index (κ1) is 16.4. The summed E-state index contributed by atoms with van der Waals surface area (Å²) in [6.45, 7) is 0.820. The number of fused-ring (bicyclic) bond motifs is 1. The van der Waals surface area contributed by atoms with Crippen LogP contribution in [0.4, 0.5) is 0 Å². The van der Waals surface area contributed by atoms with Crippen molar-refractivity contribution in [3.8, 4) is 11.4 Å². The maximum atomic E-state index is 12.5. The van der Waals surface area contributed by atoms with Gasteiger partial charge in [-0.15, -0.1) is 0 Å². The van der Waals surface area contributed by atoms with Crippen LogP contribution >= 0.6 is 0 Å². The van der Waals surface area contributed by atoms with Crippen LogP contribution in [0.15, 0.2) is 53.3 Å². The number of aliphatic hydroxyl groups excluding tert-OH is 1. The molecule has 1 amide bonds. The van der Waals surface area contributed by atoms with E-state index in [4.69, 9.17) is 4.52 Å². The third-order valence-corrected chi connectivity index (χ3v) is 4.48. The maximum absolute atomic E-state index is 12.5. The van der Waals surface area contributed by atoms with Gasteiger partial charge in [-0.25, -0.2) is 0 Å². The summed E-state index contributed by atoms with van der Waals surface area (Å²) in [6.07, 6.45) is 3.30. The van der Waals surface area contributed by atoms with Crippen molar-refractivity contribution in [2.24, 2.45) is 0 Å². The number of carbonyl (C=O) groups is 1. The molecule has 1 atom stereocenters. The van der Waals surface area contributed by atoms with E-state index in [9.17, 15) is 9.90 Å². The van der Waals surface area contributed by atoms with Crippen LogP contribution in [-0.2, 0) is 17.8 Å². The van der Waals surface area contributed by atoms with Crippen LogP contribution < -0.4 is 0 Å². The smallest absolute Gasteiger partial charge is 0.227 e. The lowest BCUT2D eigenvalue weighted by Gasteiger charge is -2.32. The fourth-order valence-corrected chi connectivity index (χ4v) is 3.12. The molecule has 0 saturated carbocycles. The average Bonchev–Trinajstić information content (AvgIpc) is 3.16. The molecule has 7 heteroatoms. The quantitative estimate of drug-likeness (QED) is 0.775. The lowest BCUT2D eigenvalue weighted by Crippen LogP contribution is -2.38. The molecule has 0 bridgehead atoms. The van der Waals surface area contributed by atoms with Crippen LogP contribution in [-0.4, -0.2) is 37.6 Å². The molecule has 1 aliphatic heterocycles. The zero-order valence-electron chi connectivity index (χ0n) is 14.1. The number of aryl methyl sites for hydroxylation is 1. The van der Waals surface area contributed by atoms with Crippen LogP contribution in [0.2, 0.25) is 0 Å². The van der Waals surface area contributed by atoms with E-state index in [1.807, 2.05) is 24.3 Å². The fourth-order valence-electron chi connectivity index (χ4n) is 3.12. The highest BCUT2D eigenvalue weighted by atomic mass is 16.5. The Kier molecular flexibility index (Phi) is 4.45. The average molecular weight is 350 g/mol. The second-order valence-corrected chi connectivity index (χ2v) is 6.24. The van der Waals surface area contributed by atoms with E-state index in [-0.39, 0.29) is 12.3 Å². The molecule has 1 N–H and O–H groups in total. The summed E-state index contributed by atoms with van der Waals surface area (Å²) in [7, 11) is 0. The first-order valence-corrected chi connectivity index (χ1v) is 8.47. The lowest BCUT2D eigenvalue weighted by atomic mass is 9.97. The van der Waals surface area contributed by atoms with Crippen molar-refractivity contribution in [3.05, 3.63) is 65.8 Å². The number of carbonyl (C=O) groups excluding carboxylic acids is 1. The molecule has 3 heterocycles. The Morgan fingerprint density at radius 3 is 2.88 bits per heavy atom. The van der Waals surface area contributed by atoms with Crippen LogP contribution in [0.5, 0.6) is 0 Å². The summed E-state index contributed by atoms with van der Waals surface area (Å²) in [4.78, 5) is 22.5. The van der Waals surface area contributed by atoms with Gasteiger partial charge < -0.3 is 14.5 Å². The van der Waals surface area contributed by atoms with Crippen molar-refractivity contribution in [1.29, 1.82) is 0 Å². The van der Waals surface area contributed by atoms with Gasteiger partial charge in [0.1, 0.15) is 0 Å². The molecule has 132 valence electrons. The Bertz CT molecular complexity index is 910. The van der Waals surface area contributed by atoms with Gasteiger partial charge in [-0.1, -0.05) is 29.4 Å². The Morgan fingerprint density at radius 2 is 2.04 bits per heavy atom. The largest absolute Gasteiger partial charge is 0.387 e. The van der Waals surface area contributed by atoms with Crippen LogP contribution in [0, 0.1) is 0 Å². The van der Waals surface area contributed by atoms with E-state index in [0.717, 1.165) is 16.7 Å². The molecule has 1 aliphatic rings. The van der Waals surface area contributed by atoms with Crippen molar-refractivity contribution < 1.29 is 14.4 Å². The molecule has 7 nitrogen and oxygen atoms in total. The van der Waals surface area contributed by atoms with Crippen molar-refractivity contribution in [2.75, 3.05) is 6.54 Å². The molecule has 0 saturated heterocycles. The zero-order valence-corrected chi connectivity index (χ0v) is 14.1. The van der Waals surface area contributed by atoms with E-state index in [1.54, 1.807) is 29.4 Å². The number of β-amino-alcohol motifs (C(OH)–C–C–N with tert-alkyl or cyclic N) is 1. The van der Waals surface area contributed by atoms with Gasteiger partial charge >= 0.3 is 0 Å². The molecular formula is C19H18N4O3. The van der Waals surface area contributed by atoms with Crippen molar-refractivity contribution in [3.63, 3.8) is 0 Å². The Labute approximate surface area is 150 Å². The SMILES string of the molecule is O=C(CCc1nc(-c2ccncc2)no1)N1Cc2ccccc2[C@H](O)C1. The van der Waals surface area contributed by atoms with Gasteiger partial charge in [-0.05, 0) is 23.3 Å². The molecule has 1 aromatic carbocycles. The maximum Gasteiger partial charge on any atom is 0.227 e. The minimum absolute atomic E-state index is 0.0396. The molecule has 0 aliphatic carbocycles. The molecule has 0 spiro atoms. The summed E-state index contributed by atoms with van der Waals surface area (Å²) in [6, 6.07) is 11.3. The number of rotatable bonds is 4. The molecule has 3 aromatic rings. The first-order valence-electron chi connectivity index (χ1n) is 8.47. The lowest BCUT2D eigenvalue weighted by molar-refractivity contribution is -0.134. The number of benzene rings is 1. The molecular weight excluding hydrogens is 332 g/mol. The van der Waals surface area contributed by atoms with E-state index >= 15 is 0 Å². The predicted octanol–water partition coefficient (Wildman–Crippen LogP) is 2.14. The monoisotopic (exact) mass is 350 g/mol. The number of aromatic nitrogens is 3. The number of pyridine rings is 1. The van der Waals surface area contributed by atoms with Crippen molar-refractivity contribution >= 4 is 5.91 Å². The molecule has 4 rings (SSSR count). The second-order valence-electron chi connectivity index (χ2n) is 6.24. The zero-order chi connectivity index (χ0) is 17.9. The van der Waals surface area contributed by atoms with Gasteiger partial charge in [0.25, 0.3) is 0 Å². The van der Waals surface area contributed by atoms with Crippen LogP contribution in [0.3, 0.4) is 0 Å². The molecule has 0 unspecified atom stereocenters. The fraction of sp³-hybridized carbons (Fsp3) is 0.263. The number of hydrogen-bond acceptors (Lipinski definition) is 6. The minimum atomic E-state index is -0.648. The molecule has 26 heavy (non-hydrogen) atoms. The minimum Gasteiger partial charge on any atom is -0.387 e. The van der Waals surface area contributed by atoms with E-state index in [2.05, 4.69) is 15.1 Å². The Morgan fingerprint density at radius 1 is 1.23 bits per heavy atom. The summed E-state index contributed by atoms with van der Waals surface area (Å²) in [5.41, 5.74) is 2.70. The van der Waals surface area contributed by atoms with Crippen LogP contribution in [0.25, 0.3) is 11.4 Å². The summed E-state index contributed by atoms with van der Waals surface area (Å²) < 4.78 is 5.23. The van der Waals surface area contributed by atoms with Gasteiger partial charge in [0.15, 0.2) is 0 Å². The third-order valence-electron chi connectivity index (χ3n) is 4.48. The Balaban J connectivity index is 1.38. The molecule has 2 aromatic heterocycles. The van der Waals surface area contributed by atoms with Crippen molar-refractivity contribution in [2.45, 2.75) is 25.5 Å². The van der Waals surface area contributed by atoms with Gasteiger partial charge in [0.2, 0.25) is 17.6 Å². The second kappa shape index (κ2) is 7.05. The number of hydrogen-bond donors (Lipinski definition) is 1. The summed E-state index contributed by atoms with van der Waals surface area (Å²) >= 11 is 0. The van der Waals surface area contributed by atoms with Gasteiger partial charge in [0, 0.05) is 37.3 Å². The van der Waals surface area contributed by atoms with E-state index in [1.165, 1.54) is 0 Å². The predicted molar refractivity (Wildman–Crippen MR) is 92.7 cm³/mol. The Hall–Kier alpha value is -3.06. The van der Waals surface area contributed by atoms with Gasteiger partial charge in [-0.3, -0.25) is 9.78 Å². The highest BCUT2D eigenvalue weighted by Crippen LogP contribution is 2.26. The summed E-state index contributed by atoms with van der Waals surface area (Å²) in [5, 5.41) is 14.2. The van der Waals surface area contributed by atoms with Crippen LogP contribution in [0.1, 0.15) is 29.5 Å².